The Bertz CT molecular complexity index is 302. The molecule has 0 saturated heterocycles. The van der Waals surface area contributed by atoms with Crippen molar-refractivity contribution in [2.45, 2.75) is 13.3 Å². The molecule has 66 valence electrons. The van der Waals surface area contributed by atoms with Crippen LogP contribution in [-0.4, -0.2) is 4.98 Å². The molecular formula is C7H7ClF2N2. The highest BCUT2D eigenvalue weighted by Crippen LogP contribution is 2.27. The van der Waals surface area contributed by atoms with E-state index < -0.39 is 12.1 Å². The summed E-state index contributed by atoms with van der Waals surface area (Å²) < 4.78 is 24.3. The number of rotatable bonds is 1. The van der Waals surface area contributed by atoms with Gasteiger partial charge in [0.1, 0.15) is 11.5 Å². The first kappa shape index (κ1) is 9.19. The zero-order valence-corrected chi connectivity index (χ0v) is 7.07. The summed E-state index contributed by atoms with van der Waals surface area (Å²) in [5, 5.41) is -0.0447. The smallest absolute Gasteiger partial charge is 0.281 e. The highest BCUT2D eigenvalue weighted by Gasteiger charge is 2.14. The summed E-state index contributed by atoms with van der Waals surface area (Å²) >= 11 is 5.50. The Labute approximate surface area is 73.4 Å². The van der Waals surface area contributed by atoms with E-state index in [1.54, 1.807) is 6.92 Å². The molecule has 0 unspecified atom stereocenters. The van der Waals surface area contributed by atoms with Crippen LogP contribution >= 0.6 is 11.6 Å². The van der Waals surface area contributed by atoms with Gasteiger partial charge in [0.2, 0.25) is 0 Å². The van der Waals surface area contributed by atoms with Gasteiger partial charge in [-0.3, -0.25) is 0 Å². The zero-order chi connectivity index (χ0) is 9.30. The molecule has 0 bridgehead atoms. The first-order valence-corrected chi connectivity index (χ1v) is 3.61. The van der Waals surface area contributed by atoms with Crippen molar-refractivity contribution in [3.63, 3.8) is 0 Å². The molecule has 0 amide bonds. The summed E-state index contributed by atoms with van der Waals surface area (Å²) in [6, 6.07) is 1.38. The summed E-state index contributed by atoms with van der Waals surface area (Å²) in [6.07, 6.45) is -2.68. The second-order valence-corrected chi connectivity index (χ2v) is 2.77. The number of alkyl halides is 2. The molecule has 2 nitrogen and oxygen atoms in total. The van der Waals surface area contributed by atoms with Crippen LogP contribution < -0.4 is 5.73 Å². The van der Waals surface area contributed by atoms with Crippen molar-refractivity contribution in [3.05, 3.63) is 22.3 Å². The second kappa shape index (κ2) is 3.23. The summed E-state index contributed by atoms with van der Waals surface area (Å²) in [5.41, 5.74) is 5.47. The molecule has 0 aliphatic heterocycles. The lowest BCUT2D eigenvalue weighted by atomic mass is 10.2. The molecule has 0 radical (unpaired) electrons. The van der Waals surface area contributed by atoms with Crippen LogP contribution in [0.1, 0.15) is 17.7 Å². The maximum absolute atomic E-state index is 12.1. The van der Waals surface area contributed by atoms with Crippen molar-refractivity contribution in [2.24, 2.45) is 0 Å². The van der Waals surface area contributed by atoms with E-state index in [4.69, 9.17) is 17.3 Å². The van der Waals surface area contributed by atoms with Crippen molar-refractivity contribution in [1.29, 1.82) is 0 Å². The van der Waals surface area contributed by atoms with Gasteiger partial charge in [0.05, 0.1) is 5.02 Å². The van der Waals surface area contributed by atoms with Gasteiger partial charge in [-0.05, 0) is 18.6 Å². The quantitative estimate of drug-likeness (QED) is 0.743. The largest absolute Gasteiger partial charge is 0.383 e. The Morgan fingerprint density at radius 1 is 1.58 bits per heavy atom. The minimum Gasteiger partial charge on any atom is -0.383 e. The predicted octanol–water partition coefficient (Wildman–Crippen LogP) is 2.56. The molecule has 12 heavy (non-hydrogen) atoms. The molecule has 1 rings (SSSR count). The highest BCUT2D eigenvalue weighted by atomic mass is 35.5. The Balaban J connectivity index is 3.23. The average Bonchev–Trinajstić information content (AvgIpc) is 1.96. The topological polar surface area (TPSA) is 38.9 Å². The number of anilines is 1. The molecule has 1 heterocycles. The Hall–Kier alpha value is -0.900. The van der Waals surface area contributed by atoms with Crippen LogP contribution in [0.2, 0.25) is 5.02 Å². The maximum Gasteiger partial charge on any atom is 0.281 e. The lowest BCUT2D eigenvalue weighted by molar-refractivity contribution is 0.146. The van der Waals surface area contributed by atoms with Gasteiger partial charge in [-0.1, -0.05) is 11.6 Å². The minimum absolute atomic E-state index is 0.0447. The summed E-state index contributed by atoms with van der Waals surface area (Å²) in [6.45, 7) is 1.66. The third kappa shape index (κ3) is 1.64. The fourth-order valence-electron chi connectivity index (χ4n) is 0.762. The Morgan fingerprint density at radius 3 is 2.67 bits per heavy atom. The predicted molar refractivity (Wildman–Crippen MR) is 43.4 cm³/mol. The van der Waals surface area contributed by atoms with E-state index in [1.807, 2.05) is 0 Å². The number of pyridine rings is 1. The monoisotopic (exact) mass is 192 g/mol. The average molecular weight is 193 g/mol. The summed E-state index contributed by atoms with van der Waals surface area (Å²) in [4.78, 5) is 3.47. The number of aryl methyl sites for hydroxylation is 1. The molecule has 0 aliphatic carbocycles. The van der Waals surface area contributed by atoms with Crippen molar-refractivity contribution < 1.29 is 8.78 Å². The second-order valence-electron chi connectivity index (χ2n) is 2.36. The molecule has 0 saturated carbocycles. The number of nitrogens with two attached hydrogens (primary N) is 1. The van der Waals surface area contributed by atoms with E-state index in [2.05, 4.69) is 4.98 Å². The molecule has 1 aromatic heterocycles. The van der Waals surface area contributed by atoms with Gasteiger partial charge in [-0.2, -0.15) is 0 Å². The molecule has 5 heteroatoms. The van der Waals surface area contributed by atoms with E-state index >= 15 is 0 Å². The molecule has 0 aliphatic rings. The van der Waals surface area contributed by atoms with Gasteiger partial charge < -0.3 is 5.73 Å². The van der Waals surface area contributed by atoms with Crippen molar-refractivity contribution in [3.8, 4) is 0 Å². The normalized spacial score (nSPS) is 10.8. The minimum atomic E-state index is -2.68. The SMILES string of the molecule is Cc1cc(Cl)c(C(F)F)nc1N. The number of hydrogen-bond donors (Lipinski definition) is 1. The zero-order valence-electron chi connectivity index (χ0n) is 6.31. The van der Waals surface area contributed by atoms with E-state index in [-0.39, 0.29) is 10.8 Å². The third-order valence-electron chi connectivity index (χ3n) is 1.44. The lowest BCUT2D eigenvalue weighted by Crippen LogP contribution is -1.99. The number of aromatic nitrogens is 1. The van der Waals surface area contributed by atoms with Crippen LogP contribution in [0.4, 0.5) is 14.6 Å². The van der Waals surface area contributed by atoms with Crippen LogP contribution in [0.3, 0.4) is 0 Å². The third-order valence-corrected chi connectivity index (χ3v) is 1.74. The van der Waals surface area contributed by atoms with Gasteiger partial charge in [0.25, 0.3) is 6.43 Å². The van der Waals surface area contributed by atoms with Gasteiger partial charge >= 0.3 is 0 Å². The van der Waals surface area contributed by atoms with Crippen molar-refractivity contribution >= 4 is 17.4 Å². The number of nitrogen functional groups attached to an aromatic ring is 1. The lowest BCUT2D eigenvalue weighted by Gasteiger charge is -2.05. The van der Waals surface area contributed by atoms with E-state index in [1.165, 1.54) is 6.07 Å². The fraction of sp³-hybridized carbons (Fsp3) is 0.286. The molecular weight excluding hydrogens is 186 g/mol. The van der Waals surface area contributed by atoms with Gasteiger partial charge in [0, 0.05) is 0 Å². The molecule has 0 spiro atoms. The number of halogens is 3. The molecule has 0 aromatic carbocycles. The number of hydrogen-bond acceptors (Lipinski definition) is 2. The van der Waals surface area contributed by atoms with Gasteiger partial charge in [0.15, 0.2) is 0 Å². The highest BCUT2D eigenvalue weighted by molar-refractivity contribution is 6.31. The van der Waals surface area contributed by atoms with Gasteiger partial charge in [-0.15, -0.1) is 0 Å². The molecule has 0 atom stereocenters. The van der Waals surface area contributed by atoms with E-state index in [0.29, 0.717) is 5.56 Å². The fourth-order valence-corrected chi connectivity index (χ4v) is 1.05. The molecule has 1 aromatic rings. The standard InChI is InChI=1S/C7H7ClF2N2/c1-3-2-4(8)5(6(9)10)12-7(3)11/h2,6H,1H3,(H2,11,12). The van der Waals surface area contributed by atoms with Crippen molar-refractivity contribution in [2.75, 3.05) is 5.73 Å². The maximum atomic E-state index is 12.1. The van der Waals surface area contributed by atoms with Crippen molar-refractivity contribution in [1.82, 2.24) is 4.98 Å². The van der Waals surface area contributed by atoms with Crippen LogP contribution in [0.15, 0.2) is 6.07 Å². The van der Waals surface area contributed by atoms with E-state index in [9.17, 15) is 8.78 Å². The molecule has 2 N–H and O–H groups in total. The summed E-state index contributed by atoms with van der Waals surface area (Å²) in [7, 11) is 0. The Morgan fingerprint density at radius 2 is 2.17 bits per heavy atom. The van der Waals surface area contributed by atoms with Crippen LogP contribution in [0.25, 0.3) is 0 Å². The first-order chi connectivity index (χ1) is 5.52. The van der Waals surface area contributed by atoms with Crippen LogP contribution in [-0.2, 0) is 0 Å². The van der Waals surface area contributed by atoms with Crippen LogP contribution in [0.5, 0.6) is 0 Å². The molecule has 0 fully saturated rings. The Kier molecular flexibility index (Phi) is 2.47. The van der Waals surface area contributed by atoms with E-state index in [0.717, 1.165) is 0 Å². The van der Waals surface area contributed by atoms with Gasteiger partial charge in [-0.25, -0.2) is 13.8 Å². The van der Waals surface area contributed by atoms with Crippen LogP contribution in [0, 0.1) is 6.92 Å². The summed E-state index contributed by atoms with van der Waals surface area (Å²) in [5.74, 6) is 0.0923. The number of nitrogens with zero attached hydrogens (tertiary/aromatic N) is 1. The first-order valence-electron chi connectivity index (χ1n) is 3.23.